The lowest BCUT2D eigenvalue weighted by Gasteiger charge is -2.27. The van der Waals surface area contributed by atoms with Gasteiger partial charge in [0.1, 0.15) is 11.6 Å². The monoisotopic (exact) mass is 319 g/mol. The van der Waals surface area contributed by atoms with Crippen LogP contribution in [-0.2, 0) is 4.79 Å². The molecule has 1 aromatic carbocycles. The standard InChI is InChI=1S/C13H15F2N3O2.ClH/c14-10-5-9(6-11(15)7-10)13(20)17-8-12(19)18-3-1-16-2-4-18;/h5-7,16H,1-4,8H2,(H,17,20);1H. The summed E-state index contributed by atoms with van der Waals surface area (Å²) in [5, 5.41) is 5.47. The first kappa shape index (κ1) is 17.3. The van der Waals surface area contributed by atoms with Gasteiger partial charge in [0.25, 0.3) is 5.91 Å². The quantitative estimate of drug-likeness (QED) is 0.855. The van der Waals surface area contributed by atoms with E-state index in [2.05, 4.69) is 10.6 Å². The smallest absolute Gasteiger partial charge is 0.251 e. The summed E-state index contributed by atoms with van der Waals surface area (Å²) in [7, 11) is 0. The summed E-state index contributed by atoms with van der Waals surface area (Å²) in [4.78, 5) is 25.1. The van der Waals surface area contributed by atoms with Crippen molar-refractivity contribution in [1.29, 1.82) is 0 Å². The molecule has 1 aliphatic rings. The van der Waals surface area contributed by atoms with Crippen molar-refractivity contribution in [3.05, 3.63) is 35.4 Å². The van der Waals surface area contributed by atoms with Gasteiger partial charge in [-0.05, 0) is 12.1 Å². The molecule has 21 heavy (non-hydrogen) atoms. The number of hydrogen-bond acceptors (Lipinski definition) is 3. The largest absolute Gasteiger partial charge is 0.343 e. The average molecular weight is 320 g/mol. The second kappa shape index (κ2) is 7.90. The number of amides is 2. The molecule has 116 valence electrons. The summed E-state index contributed by atoms with van der Waals surface area (Å²) in [6, 6.07) is 2.53. The molecule has 0 saturated carbocycles. The van der Waals surface area contributed by atoms with Crippen LogP contribution in [0.5, 0.6) is 0 Å². The maximum atomic E-state index is 13.0. The number of carbonyl (C=O) groups excluding carboxylic acids is 2. The highest BCUT2D eigenvalue weighted by Gasteiger charge is 2.17. The minimum Gasteiger partial charge on any atom is -0.343 e. The highest BCUT2D eigenvalue weighted by atomic mass is 35.5. The van der Waals surface area contributed by atoms with Gasteiger partial charge in [0, 0.05) is 37.8 Å². The number of nitrogens with one attached hydrogen (secondary N) is 2. The first-order chi connectivity index (χ1) is 9.56. The first-order valence-corrected chi connectivity index (χ1v) is 6.29. The van der Waals surface area contributed by atoms with Gasteiger partial charge >= 0.3 is 0 Å². The number of hydrogen-bond donors (Lipinski definition) is 2. The van der Waals surface area contributed by atoms with Crippen LogP contribution in [0.2, 0.25) is 0 Å². The molecule has 0 radical (unpaired) electrons. The molecule has 1 aromatic rings. The van der Waals surface area contributed by atoms with E-state index in [-0.39, 0.29) is 30.4 Å². The first-order valence-electron chi connectivity index (χ1n) is 6.29. The molecular formula is C13H16ClF2N3O2. The van der Waals surface area contributed by atoms with Gasteiger partial charge < -0.3 is 15.5 Å². The van der Waals surface area contributed by atoms with Crippen LogP contribution in [-0.4, -0.2) is 49.4 Å². The third kappa shape index (κ3) is 4.95. The Labute approximate surface area is 127 Å². The predicted molar refractivity (Wildman–Crippen MR) is 75.4 cm³/mol. The van der Waals surface area contributed by atoms with Crippen molar-refractivity contribution in [2.75, 3.05) is 32.7 Å². The number of rotatable bonds is 3. The van der Waals surface area contributed by atoms with E-state index in [1.54, 1.807) is 4.90 Å². The van der Waals surface area contributed by atoms with Gasteiger partial charge in [0.05, 0.1) is 6.54 Å². The van der Waals surface area contributed by atoms with Crippen molar-refractivity contribution >= 4 is 24.2 Å². The lowest BCUT2D eigenvalue weighted by Crippen LogP contribution is -2.49. The summed E-state index contributed by atoms with van der Waals surface area (Å²) in [5.41, 5.74) is -0.143. The third-order valence-electron chi connectivity index (χ3n) is 2.99. The number of piperazine rings is 1. The summed E-state index contributed by atoms with van der Waals surface area (Å²) >= 11 is 0. The predicted octanol–water partition coefficient (Wildman–Crippen LogP) is 0.548. The zero-order valence-electron chi connectivity index (χ0n) is 11.2. The molecule has 0 bridgehead atoms. The number of nitrogens with zero attached hydrogens (tertiary/aromatic N) is 1. The Bertz CT molecular complexity index is 502. The molecule has 2 N–H and O–H groups in total. The molecule has 1 heterocycles. The topological polar surface area (TPSA) is 61.4 Å². The molecule has 0 aromatic heterocycles. The number of benzene rings is 1. The fourth-order valence-corrected chi connectivity index (χ4v) is 1.97. The van der Waals surface area contributed by atoms with E-state index in [9.17, 15) is 18.4 Å². The Balaban J connectivity index is 0.00000220. The number of halogens is 3. The van der Waals surface area contributed by atoms with Crippen molar-refractivity contribution in [3.8, 4) is 0 Å². The molecule has 0 spiro atoms. The van der Waals surface area contributed by atoms with Crippen molar-refractivity contribution in [2.45, 2.75) is 0 Å². The lowest BCUT2D eigenvalue weighted by molar-refractivity contribution is -0.130. The van der Waals surface area contributed by atoms with Crippen LogP contribution >= 0.6 is 12.4 Å². The molecule has 0 aliphatic carbocycles. The normalized spacial score (nSPS) is 14.3. The van der Waals surface area contributed by atoms with Gasteiger partial charge in [-0.1, -0.05) is 0 Å². The van der Waals surface area contributed by atoms with Gasteiger partial charge in [-0.3, -0.25) is 9.59 Å². The van der Waals surface area contributed by atoms with Gasteiger partial charge in [0.15, 0.2) is 0 Å². The second-order valence-electron chi connectivity index (χ2n) is 4.47. The summed E-state index contributed by atoms with van der Waals surface area (Å²) in [6.45, 7) is 2.42. The molecule has 2 amide bonds. The SMILES string of the molecule is Cl.O=C(NCC(=O)N1CCNCC1)c1cc(F)cc(F)c1. The lowest BCUT2D eigenvalue weighted by atomic mass is 10.2. The Morgan fingerprint density at radius 3 is 2.29 bits per heavy atom. The van der Waals surface area contributed by atoms with E-state index >= 15 is 0 Å². The third-order valence-corrected chi connectivity index (χ3v) is 2.99. The van der Waals surface area contributed by atoms with Crippen LogP contribution in [0.3, 0.4) is 0 Å². The zero-order chi connectivity index (χ0) is 14.5. The molecule has 1 fully saturated rings. The molecule has 5 nitrogen and oxygen atoms in total. The van der Waals surface area contributed by atoms with Gasteiger partial charge in [-0.25, -0.2) is 8.78 Å². The van der Waals surface area contributed by atoms with Crippen LogP contribution in [0.1, 0.15) is 10.4 Å². The van der Waals surface area contributed by atoms with E-state index in [0.717, 1.165) is 25.2 Å². The minimum atomic E-state index is -0.830. The molecule has 1 aliphatic heterocycles. The molecule has 0 unspecified atom stereocenters. The van der Waals surface area contributed by atoms with Crippen LogP contribution in [0, 0.1) is 11.6 Å². The van der Waals surface area contributed by atoms with Crippen LogP contribution in [0.25, 0.3) is 0 Å². The maximum absolute atomic E-state index is 13.0. The Hall–Kier alpha value is -1.73. The fraction of sp³-hybridized carbons (Fsp3) is 0.385. The van der Waals surface area contributed by atoms with Crippen LogP contribution in [0.15, 0.2) is 18.2 Å². The molecule has 0 atom stereocenters. The van der Waals surface area contributed by atoms with Crippen molar-refractivity contribution < 1.29 is 18.4 Å². The van der Waals surface area contributed by atoms with E-state index in [1.165, 1.54) is 0 Å². The summed E-state index contributed by atoms with van der Waals surface area (Å²) < 4.78 is 26.0. The van der Waals surface area contributed by atoms with E-state index in [1.807, 2.05) is 0 Å². The zero-order valence-corrected chi connectivity index (χ0v) is 12.0. The van der Waals surface area contributed by atoms with Crippen LogP contribution in [0.4, 0.5) is 8.78 Å². The van der Waals surface area contributed by atoms with Crippen molar-refractivity contribution in [3.63, 3.8) is 0 Å². The Kier molecular flexibility index (Phi) is 6.51. The van der Waals surface area contributed by atoms with Crippen LogP contribution < -0.4 is 10.6 Å². The van der Waals surface area contributed by atoms with Crippen molar-refractivity contribution in [1.82, 2.24) is 15.5 Å². The fourth-order valence-electron chi connectivity index (χ4n) is 1.97. The van der Waals surface area contributed by atoms with E-state index < -0.39 is 17.5 Å². The molecule has 8 heteroatoms. The Morgan fingerprint density at radius 1 is 1.14 bits per heavy atom. The maximum Gasteiger partial charge on any atom is 0.251 e. The van der Waals surface area contributed by atoms with Gasteiger partial charge in [-0.15, -0.1) is 12.4 Å². The molecule has 1 saturated heterocycles. The summed E-state index contributed by atoms with van der Waals surface area (Å²) in [5.74, 6) is -2.55. The second-order valence-corrected chi connectivity index (χ2v) is 4.47. The van der Waals surface area contributed by atoms with Gasteiger partial charge in [0.2, 0.25) is 5.91 Å². The molecule has 2 rings (SSSR count). The minimum absolute atomic E-state index is 0. The summed E-state index contributed by atoms with van der Waals surface area (Å²) in [6.07, 6.45) is 0. The average Bonchev–Trinajstić information content (AvgIpc) is 2.44. The molecular weight excluding hydrogens is 304 g/mol. The highest BCUT2D eigenvalue weighted by Crippen LogP contribution is 2.07. The van der Waals surface area contributed by atoms with Crippen molar-refractivity contribution in [2.24, 2.45) is 0 Å². The Morgan fingerprint density at radius 2 is 1.71 bits per heavy atom. The van der Waals surface area contributed by atoms with E-state index in [0.29, 0.717) is 19.2 Å². The number of carbonyl (C=O) groups is 2. The highest BCUT2D eigenvalue weighted by molar-refractivity contribution is 5.96. The van der Waals surface area contributed by atoms with Gasteiger partial charge in [-0.2, -0.15) is 0 Å². The van der Waals surface area contributed by atoms with E-state index in [4.69, 9.17) is 0 Å².